The highest BCUT2D eigenvalue weighted by Gasteiger charge is 2.15. The summed E-state index contributed by atoms with van der Waals surface area (Å²) in [7, 11) is 0. The number of carbonyl (C=O) groups excluding carboxylic acids is 1. The maximum absolute atomic E-state index is 11.9. The quantitative estimate of drug-likeness (QED) is 0.654. The molecular formula is C12H15ClINO. The molecule has 0 saturated heterocycles. The fourth-order valence-electron chi connectivity index (χ4n) is 1.24. The van der Waals surface area contributed by atoms with Crippen LogP contribution in [0.15, 0.2) is 24.3 Å². The number of nitrogens with one attached hydrogen (secondary N) is 1. The number of benzene rings is 1. The molecule has 0 radical (unpaired) electrons. The Morgan fingerprint density at radius 1 is 1.38 bits per heavy atom. The summed E-state index contributed by atoms with van der Waals surface area (Å²) in [6, 6.07) is 7.50. The molecule has 1 atom stereocenters. The lowest BCUT2D eigenvalue weighted by atomic mass is 10.1. The van der Waals surface area contributed by atoms with E-state index >= 15 is 0 Å². The SMILES string of the molecule is CC(C)C(CCl)NC(=O)c1ccc(I)cc1. The predicted octanol–water partition coefficient (Wildman–Crippen LogP) is 3.28. The van der Waals surface area contributed by atoms with Crippen molar-refractivity contribution in [2.24, 2.45) is 5.92 Å². The molecule has 0 saturated carbocycles. The molecule has 0 aliphatic carbocycles. The van der Waals surface area contributed by atoms with Crippen LogP contribution in [-0.2, 0) is 0 Å². The highest BCUT2D eigenvalue weighted by molar-refractivity contribution is 14.1. The van der Waals surface area contributed by atoms with Gasteiger partial charge in [0.25, 0.3) is 5.91 Å². The summed E-state index contributed by atoms with van der Waals surface area (Å²) in [6.45, 7) is 4.09. The third-order valence-electron chi connectivity index (χ3n) is 2.39. The van der Waals surface area contributed by atoms with Crippen LogP contribution in [0.5, 0.6) is 0 Å². The second-order valence-electron chi connectivity index (χ2n) is 3.99. The van der Waals surface area contributed by atoms with Gasteiger partial charge >= 0.3 is 0 Å². The van der Waals surface area contributed by atoms with Crippen LogP contribution in [0.25, 0.3) is 0 Å². The van der Waals surface area contributed by atoms with Crippen molar-refractivity contribution in [3.05, 3.63) is 33.4 Å². The van der Waals surface area contributed by atoms with Crippen LogP contribution in [0, 0.1) is 9.49 Å². The van der Waals surface area contributed by atoms with Gasteiger partial charge in [-0.05, 0) is 52.8 Å². The maximum atomic E-state index is 11.9. The van der Waals surface area contributed by atoms with Gasteiger partial charge in [0.1, 0.15) is 0 Å². The molecule has 0 aromatic heterocycles. The number of alkyl halides is 1. The lowest BCUT2D eigenvalue weighted by Crippen LogP contribution is -2.39. The van der Waals surface area contributed by atoms with Crippen LogP contribution in [-0.4, -0.2) is 17.8 Å². The largest absolute Gasteiger partial charge is 0.348 e. The first-order chi connectivity index (χ1) is 7.54. The molecule has 0 spiro atoms. The van der Waals surface area contributed by atoms with E-state index in [1.807, 2.05) is 38.1 Å². The number of carbonyl (C=O) groups is 1. The van der Waals surface area contributed by atoms with Gasteiger partial charge < -0.3 is 5.32 Å². The molecule has 2 nitrogen and oxygen atoms in total. The highest BCUT2D eigenvalue weighted by Crippen LogP contribution is 2.09. The van der Waals surface area contributed by atoms with Gasteiger partial charge in [0.15, 0.2) is 0 Å². The molecule has 1 rings (SSSR count). The van der Waals surface area contributed by atoms with Gasteiger partial charge in [-0.3, -0.25) is 4.79 Å². The zero-order valence-corrected chi connectivity index (χ0v) is 12.2. The first kappa shape index (κ1) is 13.8. The first-order valence-electron chi connectivity index (χ1n) is 5.17. The molecule has 0 heterocycles. The van der Waals surface area contributed by atoms with Crippen molar-refractivity contribution in [1.82, 2.24) is 5.32 Å². The second-order valence-corrected chi connectivity index (χ2v) is 5.54. The summed E-state index contributed by atoms with van der Waals surface area (Å²) in [5, 5.41) is 2.93. The molecule has 0 aliphatic heterocycles. The Morgan fingerprint density at radius 3 is 2.38 bits per heavy atom. The third kappa shape index (κ3) is 3.94. The molecule has 0 fully saturated rings. The Kier molecular flexibility index (Phi) is 5.55. The minimum atomic E-state index is -0.0595. The number of amides is 1. The number of hydrogen-bond acceptors (Lipinski definition) is 1. The molecule has 1 unspecified atom stereocenters. The van der Waals surface area contributed by atoms with E-state index in [0.717, 1.165) is 3.57 Å². The summed E-state index contributed by atoms with van der Waals surface area (Å²) in [4.78, 5) is 11.9. The number of halogens is 2. The average molecular weight is 352 g/mol. The maximum Gasteiger partial charge on any atom is 0.251 e. The lowest BCUT2D eigenvalue weighted by molar-refractivity contribution is 0.0931. The highest BCUT2D eigenvalue weighted by atomic mass is 127. The van der Waals surface area contributed by atoms with Crippen LogP contribution in [0.3, 0.4) is 0 Å². The predicted molar refractivity (Wildman–Crippen MR) is 76.0 cm³/mol. The molecule has 4 heteroatoms. The van der Waals surface area contributed by atoms with Gasteiger partial charge in [-0.25, -0.2) is 0 Å². The Bertz CT molecular complexity index is 351. The molecule has 1 aromatic carbocycles. The topological polar surface area (TPSA) is 29.1 Å². The average Bonchev–Trinajstić information content (AvgIpc) is 2.26. The van der Waals surface area contributed by atoms with Crippen molar-refractivity contribution in [2.45, 2.75) is 19.9 Å². The Morgan fingerprint density at radius 2 is 1.94 bits per heavy atom. The molecular weight excluding hydrogens is 336 g/mol. The third-order valence-corrected chi connectivity index (χ3v) is 3.45. The van der Waals surface area contributed by atoms with Gasteiger partial charge in [0.05, 0.1) is 0 Å². The van der Waals surface area contributed by atoms with Crippen LogP contribution >= 0.6 is 34.2 Å². The van der Waals surface area contributed by atoms with E-state index in [2.05, 4.69) is 27.9 Å². The summed E-state index contributed by atoms with van der Waals surface area (Å²) in [6.07, 6.45) is 0. The fourth-order valence-corrected chi connectivity index (χ4v) is 2.03. The second kappa shape index (κ2) is 6.45. The van der Waals surface area contributed by atoms with E-state index in [0.29, 0.717) is 17.4 Å². The number of rotatable bonds is 4. The van der Waals surface area contributed by atoms with E-state index in [9.17, 15) is 4.79 Å². The van der Waals surface area contributed by atoms with Crippen molar-refractivity contribution in [1.29, 1.82) is 0 Å². The van der Waals surface area contributed by atoms with Gasteiger partial charge in [0.2, 0.25) is 0 Å². The van der Waals surface area contributed by atoms with Gasteiger partial charge in [-0.15, -0.1) is 11.6 Å². The smallest absolute Gasteiger partial charge is 0.251 e. The normalized spacial score (nSPS) is 12.6. The zero-order chi connectivity index (χ0) is 12.1. The Hall–Kier alpha value is -0.290. The van der Waals surface area contributed by atoms with E-state index in [1.54, 1.807) is 0 Å². The van der Waals surface area contributed by atoms with Gasteiger partial charge in [-0.2, -0.15) is 0 Å². The van der Waals surface area contributed by atoms with E-state index < -0.39 is 0 Å². The molecule has 16 heavy (non-hydrogen) atoms. The van der Waals surface area contributed by atoms with Crippen LogP contribution in [0.2, 0.25) is 0 Å². The van der Waals surface area contributed by atoms with Crippen molar-refractivity contribution in [3.8, 4) is 0 Å². The first-order valence-corrected chi connectivity index (χ1v) is 6.78. The van der Waals surface area contributed by atoms with E-state index in [1.165, 1.54) is 0 Å². The summed E-state index contributed by atoms with van der Waals surface area (Å²) < 4.78 is 1.12. The Labute approximate surface area is 115 Å². The van der Waals surface area contributed by atoms with Gasteiger partial charge in [-0.1, -0.05) is 13.8 Å². The minimum absolute atomic E-state index is 0.0217. The standard InChI is InChI=1S/C12H15ClINO/c1-8(2)11(7-13)15-12(16)9-3-5-10(14)6-4-9/h3-6,8,11H,7H2,1-2H3,(H,15,16). The van der Waals surface area contributed by atoms with Crippen LogP contribution in [0.4, 0.5) is 0 Å². The summed E-state index contributed by atoms with van der Waals surface area (Å²) in [5.41, 5.74) is 0.677. The number of hydrogen-bond donors (Lipinski definition) is 1. The van der Waals surface area contributed by atoms with Gasteiger partial charge in [0, 0.05) is 21.1 Å². The van der Waals surface area contributed by atoms with E-state index in [4.69, 9.17) is 11.6 Å². The molecule has 88 valence electrons. The molecule has 0 bridgehead atoms. The van der Waals surface area contributed by atoms with Crippen LogP contribution < -0.4 is 5.32 Å². The summed E-state index contributed by atoms with van der Waals surface area (Å²) in [5.74, 6) is 0.717. The lowest BCUT2D eigenvalue weighted by Gasteiger charge is -2.19. The molecule has 1 aromatic rings. The minimum Gasteiger partial charge on any atom is -0.348 e. The molecule has 0 aliphatic rings. The Balaban J connectivity index is 2.68. The molecule has 1 amide bonds. The summed E-state index contributed by atoms with van der Waals surface area (Å²) >= 11 is 8.01. The fraction of sp³-hybridized carbons (Fsp3) is 0.417. The van der Waals surface area contributed by atoms with E-state index in [-0.39, 0.29) is 11.9 Å². The van der Waals surface area contributed by atoms with Crippen LogP contribution in [0.1, 0.15) is 24.2 Å². The van der Waals surface area contributed by atoms with Crippen molar-refractivity contribution in [2.75, 3.05) is 5.88 Å². The van der Waals surface area contributed by atoms with Crippen molar-refractivity contribution >= 4 is 40.1 Å². The monoisotopic (exact) mass is 351 g/mol. The van der Waals surface area contributed by atoms with Crippen molar-refractivity contribution in [3.63, 3.8) is 0 Å². The van der Waals surface area contributed by atoms with Crippen molar-refractivity contribution < 1.29 is 4.79 Å². The zero-order valence-electron chi connectivity index (χ0n) is 9.34. The molecule has 1 N–H and O–H groups in total.